The lowest BCUT2D eigenvalue weighted by atomic mass is 9.93. The molecule has 0 aromatic carbocycles. The van der Waals surface area contributed by atoms with E-state index in [2.05, 4.69) is 16.8 Å². The highest BCUT2D eigenvalue weighted by Crippen LogP contribution is 2.18. The Kier molecular flexibility index (Phi) is 5.86. The first kappa shape index (κ1) is 14.5. The molecule has 1 amide bonds. The fourth-order valence-electron chi connectivity index (χ4n) is 3.02. The molecule has 2 aliphatic heterocycles. The molecule has 0 saturated carbocycles. The molecule has 0 aliphatic carbocycles. The van der Waals surface area contributed by atoms with Crippen LogP contribution in [-0.4, -0.2) is 61.5 Å². The van der Waals surface area contributed by atoms with Crippen LogP contribution in [0.25, 0.3) is 0 Å². The Morgan fingerprint density at radius 3 is 2.53 bits per heavy atom. The van der Waals surface area contributed by atoms with Gasteiger partial charge in [0.25, 0.3) is 0 Å². The molecule has 2 heterocycles. The predicted molar refractivity (Wildman–Crippen MR) is 78.0 cm³/mol. The van der Waals surface area contributed by atoms with E-state index in [1.165, 1.54) is 12.8 Å². The molecule has 0 aromatic heterocycles. The minimum absolute atomic E-state index is 0.358. The number of hydrogen-bond donors (Lipinski definition) is 1. The van der Waals surface area contributed by atoms with Crippen LogP contribution >= 0.6 is 0 Å². The van der Waals surface area contributed by atoms with Crippen molar-refractivity contribution in [2.45, 2.75) is 25.7 Å². The van der Waals surface area contributed by atoms with E-state index in [1.807, 2.05) is 11.0 Å². The molecule has 2 rings (SSSR count). The van der Waals surface area contributed by atoms with Crippen LogP contribution in [0.1, 0.15) is 25.7 Å². The molecule has 2 fully saturated rings. The van der Waals surface area contributed by atoms with E-state index < -0.39 is 0 Å². The molecule has 108 valence electrons. The minimum Gasteiger partial charge on any atom is -0.340 e. The van der Waals surface area contributed by atoms with Gasteiger partial charge in [-0.15, -0.1) is 6.58 Å². The van der Waals surface area contributed by atoms with Gasteiger partial charge < -0.3 is 10.2 Å². The molecule has 4 heteroatoms. The van der Waals surface area contributed by atoms with Crippen LogP contribution < -0.4 is 5.32 Å². The standard InChI is InChI=1S/C15H27N3O/c1-2-9-17-10-12-18(13-11-17)15(19)4-3-14-5-7-16-8-6-14/h2,14,16H,1,3-13H2. The molecular weight excluding hydrogens is 238 g/mol. The Bertz CT molecular complexity index is 292. The Morgan fingerprint density at radius 1 is 1.21 bits per heavy atom. The number of hydrogen-bond acceptors (Lipinski definition) is 3. The molecule has 0 aromatic rings. The quantitative estimate of drug-likeness (QED) is 0.756. The molecule has 2 aliphatic rings. The van der Waals surface area contributed by atoms with E-state index in [0.29, 0.717) is 5.91 Å². The van der Waals surface area contributed by atoms with Crippen LogP contribution in [0.3, 0.4) is 0 Å². The van der Waals surface area contributed by atoms with Crippen molar-refractivity contribution >= 4 is 5.91 Å². The Hall–Kier alpha value is -0.870. The molecule has 19 heavy (non-hydrogen) atoms. The fraction of sp³-hybridized carbons (Fsp3) is 0.800. The molecule has 1 N–H and O–H groups in total. The maximum Gasteiger partial charge on any atom is 0.222 e. The Labute approximate surface area is 116 Å². The zero-order valence-corrected chi connectivity index (χ0v) is 11.9. The molecule has 4 nitrogen and oxygen atoms in total. The van der Waals surface area contributed by atoms with Gasteiger partial charge in [0.1, 0.15) is 0 Å². The topological polar surface area (TPSA) is 35.6 Å². The average molecular weight is 265 g/mol. The highest BCUT2D eigenvalue weighted by molar-refractivity contribution is 5.76. The summed E-state index contributed by atoms with van der Waals surface area (Å²) in [5.74, 6) is 1.11. The van der Waals surface area contributed by atoms with Crippen molar-refractivity contribution in [2.24, 2.45) is 5.92 Å². The highest BCUT2D eigenvalue weighted by Gasteiger charge is 2.21. The van der Waals surface area contributed by atoms with E-state index in [0.717, 1.165) is 64.6 Å². The van der Waals surface area contributed by atoms with Gasteiger partial charge in [0.2, 0.25) is 5.91 Å². The molecule has 0 spiro atoms. The van der Waals surface area contributed by atoms with Crippen molar-refractivity contribution in [1.29, 1.82) is 0 Å². The van der Waals surface area contributed by atoms with Crippen molar-refractivity contribution in [1.82, 2.24) is 15.1 Å². The second-order valence-electron chi connectivity index (χ2n) is 5.70. The van der Waals surface area contributed by atoms with Crippen LogP contribution in [0.5, 0.6) is 0 Å². The number of amides is 1. The van der Waals surface area contributed by atoms with Gasteiger partial charge in [-0.25, -0.2) is 0 Å². The maximum absolute atomic E-state index is 12.2. The SMILES string of the molecule is C=CCN1CCN(C(=O)CCC2CCNCC2)CC1. The lowest BCUT2D eigenvalue weighted by Gasteiger charge is -2.34. The first-order valence-corrected chi connectivity index (χ1v) is 7.61. The monoisotopic (exact) mass is 265 g/mol. The summed E-state index contributed by atoms with van der Waals surface area (Å²) in [5.41, 5.74) is 0. The maximum atomic E-state index is 12.2. The normalized spacial score (nSPS) is 22.4. The highest BCUT2D eigenvalue weighted by atomic mass is 16.2. The molecule has 0 unspecified atom stereocenters. The Balaban J connectivity index is 1.64. The van der Waals surface area contributed by atoms with Crippen LogP contribution in [0.4, 0.5) is 0 Å². The van der Waals surface area contributed by atoms with Gasteiger partial charge in [0.05, 0.1) is 0 Å². The zero-order valence-electron chi connectivity index (χ0n) is 11.9. The van der Waals surface area contributed by atoms with Gasteiger partial charge in [-0.3, -0.25) is 9.69 Å². The van der Waals surface area contributed by atoms with Crippen molar-refractivity contribution in [2.75, 3.05) is 45.8 Å². The number of piperidine rings is 1. The summed E-state index contributed by atoms with van der Waals surface area (Å²) in [7, 11) is 0. The summed E-state index contributed by atoms with van der Waals surface area (Å²) in [4.78, 5) is 16.6. The number of carbonyl (C=O) groups excluding carboxylic acids is 1. The second kappa shape index (κ2) is 7.65. The van der Waals surface area contributed by atoms with Gasteiger partial charge in [-0.1, -0.05) is 6.08 Å². The summed E-state index contributed by atoms with van der Waals surface area (Å²) in [6.07, 6.45) is 6.23. The average Bonchev–Trinajstić information content (AvgIpc) is 2.47. The first-order chi connectivity index (χ1) is 9.29. The fourth-order valence-corrected chi connectivity index (χ4v) is 3.02. The van der Waals surface area contributed by atoms with Gasteiger partial charge in [-0.2, -0.15) is 0 Å². The molecule has 2 saturated heterocycles. The van der Waals surface area contributed by atoms with Crippen molar-refractivity contribution < 1.29 is 4.79 Å². The van der Waals surface area contributed by atoms with Crippen molar-refractivity contribution in [3.05, 3.63) is 12.7 Å². The second-order valence-corrected chi connectivity index (χ2v) is 5.70. The van der Waals surface area contributed by atoms with Crippen LogP contribution in [0.2, 0.25) is 0 Å². The number of carbonyl (C=O) groups is 1. The minimum atomic E-state index is 0.358. The number of piperazine rings is 1. The Morgan fingerprint density at radius 2 is 1.89 bits per heavy atom. The van der Waals surface area contributed by atoms with E-state index in [9.17, 15) is 4.79 Å². The van der Waals surface area contributed by atoms with Gasteiger partial charge in [-0.05, 0) is 38.3 Å². The lowest BCUT2D eigenvalue weighted by molar-refractivity contribution is -0.133. The third-order valence-corrected chi connectivity index (χ3v) is 4.34. The zero-order chi connectivity index (χ0) is 13.5. The molecule has 0 radical (unpaired) electrons. The summed E-state index contributed by atoms with van der Waals surface area (Å²) in [5, 5.41) is 3.37. The number of nitrogens with one attached hydrogen (secondary N) is 1. The lowest BCUT2D eigenvalue weighted by Crippen LogP contribution is -2.48. The smallest absolute Gasteiger partial charge is 0.222 e. The predicted octanol–water partition coefficient (Wildman–Crippen LogP) is 1.10. The van der Waals surface area contributed by atoms with Crippen molar-refractivity contribution in [3.63, 3.8) is 0 Å². The summed E-state index contributed by atoms with van der Waals surface area (Å²) >= 11 is 0. The van der Waals surface area contributed by atoms with Gasteiger partial charge in [0, 0.05) is 39.1 Å². The molecular formula is C15H27N3O. The van der Waals surface area contributed by atoms with Gasteiger partial charge >= 0.3 is 0 Å². The van der Waals surface area contributed by atoms with Crippen molar-refractivity contribution in [3.8, 4) is 0 Å². The third-order valence-electron chi connectivity index (χ3n) is 4.34. The van der Waals surface area contributed by atoms with Crippen LogP contribution in [0.15, 0.2) is 12.7 Å². The first-order valence-electron chi connectivity index (χ1n) is 7.61. The van der Waals surface area contributed by atoms with E-state index in [1.54, 1.807) is 0 Å². The van der Waals surface area contributed by atoms with E-state index >= 15 is 0 Å². The summed E-state index contributed by atoms with van der Waals surface area (Å²) in [6, 6.07) is 0. The molecule has 0 bridgehead atoms. The van der Waals surface area contributed by atoms with Gasteiger partial charge in [0.15, 0.2) is 0 Å². The number of nitrogens with zero attached hydrogens (tertiary/aromatic N) is 2. The molecule has 0 atom stereocenters. The van der Waals surface area contributed by atoms with E-state index in [4.69, 9.17) is 0 Å². The van der Waals surface area contributed by atoms with Crippen LogP contribution in [0, 0.1) is 5.92 Å². The van der Waals surface area contributed by atoms with E-state index in [-0.39, 0.29) is 0 Å². The van der Waals surface area contributed by atoms with Crippen LogP contribution in [-0.2, 0) is 4.79 Å². The number of rotatable bonds is 5. The summed E-state index contributed by atoms with van der Waals surface area (Å²) in [6.45, 7) is 10.7. The third kappa shape index (κ3) is 4.62. The summed E-state index contributed by atoms with van der Waals surface area (Å²) < 4.78 is 0. The largest absolute Gasteiger partial charge is 0.340 e.